The van der Waals surface area contributed by atoms with Crippen LogP contribution in [0.4, 0.5) is 8.78 Å². The van der Waals surface area contributed by atoms with Gasteiger partial charge in [-0.25, -0.2) is 18.6 Å². The van der Waals surface area contributed by atoms with Gasteiger partial charge in [0.2, 0.25) is 0 Å². The SMILES string of the molecule is C[C@H](c1ccccc1)n1cncc1C(=O)OCC(C)(F)F. The van der Waals surface area contributed by atoms with E-state index in [1.165, 1.54) is 12.5 Å². The summed E-state index contributed by atoms with van der Waals surface area (Å²) in [7, 11) is 0. The van der Waals surface area contributed by atoms with Crippen molar-refractivity contribution >= 4 is 5.97 Å². The monoisotopic (exact) mass is 294 g/mol. The molecule has 0 saturated carbocycles. The average molecular weight is 294 g/mol. The third kappa shape index (κ3) is 3.87. The molecule has 0 saturated heterocycles. The summed E-state index contributed by atoms with van der Waals surface area (Å²) in [6.07, 6.45) is 2.80. The summed E-state index contributed by atoms with van der Waals surface area (Å²) in [4.78, 5) is 15.8. The highest BCUT2D eigenvalue weighted by molar-refractivity contribution is 5.87. The number of rotatable bonds is 5. The number of hydrogen-bond acceptors (Lipinski definition) is 3. The first-order valence-corrected chi connectivity index (χ1v) is 6.50. The van der Waals surface area contributed by atoms with Gasteiger partial charge in [0.25, 0.3) is 5.92 Å². The first-order valence-electron chi connectivity index (χ1n) is 6.50. The molecule has 0 bridgehead atoms. The Balaban J connectivity index is 2.17. The van der Waals surface area contributed by atoms with E-state index < -0.39 is 18.5 Å². The van der Waals surface area contributed by atoms with Gasteiger partial charge in [-0.3, -0.25) is 0 Å². The molecule has 1 atom stereocenters. The predicted octanol–water partition coefficient (Wildman–Crippen LogP) is 3.30. The molecule has 2 rings (SSSR count). The number of aromatic nitrogens is 2. The van der Waals surface area contributed by atoms with Crippen molar-refractivity contribution in [2.45, 2.75) is 25.8 Å². The van der Waals surface area contributed by atoms with E-state index in [4.69, 9.17) is 0 Å². The van der Waals surface area contributed by atoms with Crippen LogP contribution in [0.1, 0.15) is 35.9 Å². The normalized spacial score (nSPS) is 13.0. The zero-order valence-corrected chi connectivity index (χ0v) is 11.8. The first kappa shape index (κ1) is 15.2. The van der Waals surface area contributed by atoms with E-state index >= 15 is 0 Å². The Labute approximate surface area is 121 Å². The second kappa shape index (κ2) is 6.03. The molecule has 1 heterocycles. The van der Waals surface area contributed by atoms with Crippen molar-refractivity contribution in [3.63, 3.8) is 0 Å². The highest BCUT2D eigenvalue weighted by Crippen LogP contribution is 2.20. The number of esters is 1. The standard InChI is InChI=1S/C15H16F2N2O2/c1-11(12-6-4-3-5-7-12)19-10-18-8-13(19)14(20)21-9-15(2,16)17/h3-8,10-11H,9H2,1-2H3/t11-/m1/s1. The largest absolute Gasteiger partial charge is 0.455 e. The van der Waals surface area contributed by atoms with Crippen molar-refractivity contribution in [2.24, 2.45) is 0 Å². The van der Waals surface area contributed by atoms with Crippen LogP contribution in [-0.4, -0.2) is 28.0 Å². The molecule has 0 fully saturated rings. The lowest BCUT2D eigenvalue weighted by molar-refractivity contribution is -0.0471. The lowest BCUT2D eigenvalue weighted by Crippen LogP contribution is -2.23. The summed E-state index contributed by atoms with van der Waals surface area (Å²) in [5, 5.41) is 0. The number of carbonyl (C=O) groups excluding carboxylic acids is 1. The Morgan fingerprint density at radius 2 is 2.05 bits per heavy atom. The molecule has 21 heavy (non-hydrogen) atoms. The molecule has 1 aromatic heterocycles. The number of alkyl halides is 2. The molecule has 0 unspecified atom stereocenters. The lowest BCUT2D eigenvalue weighted by Gasteiger charge is -2.17. The van der Waals surface area contributed by atoms with Crippen molar-refractivity contribution in [1.29, 1.82) is 0 Å². The van der Waals surface area contributed by atoms with E-state index in [1.54, 1.807) is 4.57 Å². The lowest BCUT2D eigenvalue weighted by atomic mass is 10.1. The highest BCUT2D eigenvalue weighted by Gasteiger charge is 2.25. The Morgan fingerprint density at radius 1 is 1.38 bits per heavy atom. The van der Waals surface area contributed by atoms with E-state index in [0.717, 1.165) is 5.56 Å². The van der Waals surface area contributed by atoms with Gasteiger partial charge in [-0.15, -0.1) is 0 Å². The molecule has 1 aromatic carbocycles. The summed E-state index contributed by atoms with van der Waals surface area (Å²) in [6.45, 7) is 1.64. The second-order valence-corrected chi connectivity index (χ2v) is 4.92. The third-order valence-corrected chi connectivity index (χ3v) is 3.03. The van der Waals surface area contributed by atoms with Gasteiger partial charge in [0, 0.05) is 6.92 Å². The molecule has 2 aromatic rings. The molecule has 0 N–H and O–H groups in total. The number of imidazole rings is 1. The first-order chi connectivity index (χ1) is 9.88. The zero-order valence-electron chi connectivity index (χ0n) is 11.8. The van der Waals surface area contributed by atoms with Crippen molar-refractivity contribution in [1.82, 2.24) is 9.55 Å². The van der Waals surface area contributed by atoms with Gasteiger partial charge in [0.05, 0.1) is 18.6 Å². The second-order valence-electron chi connectivity index (χ2n) is 4.92. The van der Waals surface area contributed by atoms with Crippen LogP contribution in [0.15, 0.2) is 42.9 Å². The van der Waals surface area contributed by atoms with Gasteiger partial charge < -0.3 is 9.30 Å². The number of ether oxygens (including phenoxy) is 1. The zero-order chi connectivity index (χ0) is 15.5. The molecule has 0 amide bonds. The van der Waals surface area contributed by atoms with Crippen LogP contribution >= 0.6 is 0 Å². The van der Waals surface area contributed by atoms with Crippen molar-refractivity contribution in [2.75, 3.05) is 6.61 Å². The summed E-state index contributed by atoms with van der Waals surface area (Å²) < 4.78 is 31.7. The van der Waals surface area contributed by atoms with Crippen LogP contribution in [0.3, 0.4) is 0 Å². The molecule has 0 aliphatic carbocycles. The molecular formula is C15H16F2N2O2. The fraction of sp³-hybridized carbons (Fsp3) is 0.333. The fourth-order valence-electron chi connectivity index (χ4n) is 1.93. The quantitative estimate of drug-likeness (QED) is 0.795. The van der Waals surface area contributed by atoms with Gasteiger partial charge in [0.15, 0.2) is 6.61 Å². The van der Waals surface area contributed by atoms with Crippen molar-refractivity contribution in [3.05, 3.63) is 54.1 Å². The summed E-state index contributed by atoms with van der Waals surface area (Å²) >= 11 is 0. The Morgan fingerprint density at radius 3 is 2.67 bits per heavy atom. The minimum atomic E-state index is -3.05. The van der Waals surface area contributed by atoms with E-state index in [-0.39, 0.29) is 11.7 Å². The number of carbonyl (C=O) groups is 1. The van der Waals surface area contributed by atoms with E-state index in [2.05, 4.69) is 9.72 Å². The smallest absolute Gasteiger partial charge is 0.356 e. The molecule has 0 aliphatic rings. The van der Waals surface area contributed by atoms with Gasteiger partial charge >= 0.3 is 5.97 Å². The van der Waals surface area contributed by atoms with Crippen LogP contribution in [-0.2, 0) is 4.74 Å². The van der Waals surface area contributed by atoms with Crippen LogP contribution in [0.2, 0.25) is 0 Å². The Bertz CT molecular complexity index is 606. The number of halogens is 2. The van der Waals surface area contributed by atoms with Gasteiger partial charge in [0.1, 0.15) is 5.69 Å². The molecule has 4 nitrogen and oxygen atoms in total. The van der Waals surface area contributed by atoms with E-state index in [1.807, 2.05) is 37.3 Å². The fourth-order valence-corrected chi connectivity index (χ4v) is 1.93. The van der Waals surface area contributed by atoms with Crippen LogP contribution < -0.4 is 0 Å². The maximum absolute atomic E-state index is 12.7. The van der Waals surface area contributed by atoms with Gasteiger partial charge in [-0.05, 0) is 12.5 Å². The van der Waals surface area contributed by atoms with E-state index in [0.29, 0.717) is 6.92 Å². The molecule has 112 valence electrons. The van der Waals surface area contributed by atoms with Crippen LogP contribution in [0.5, 0.6) is 0 Å². The minimum absolute atomic E-state index is 0.149. The molecule has 0 spiro atoms. The summed E-state index contributed by atoms with van der Waals surface area (Å²) in [5.74, 6) is -3.86. The van der Waals surface area contributed by atoms with Crippen LogP contribution in [0, 0.1) is 0 Å². The maximum atomic E-state index is 12.7. The molecule has 6 heteroatoms. The predicted molar refractivity (Wildman–Crippen MR) is 73.4 cm³/mol. The van der Waals surface area contributed by atoms with Crippen LogP contribution in [0.25, 0.3) is 0 Å². The maximum Gasteiger partial charge on any atom is 0.356 e. The minimum Gasteiger partial charge on any atom is -0.455 e. The average Bonchev–Trinajstić information content (AvgIpc) is 2.93. The molecule has 0 radical (unpaired) electrons. The van der Waals surface area contributed by atoms with Crippen molar-refractivity contribution in [3.8, 4) is 0 Å². The summed E-state index contributed by atoms with van der Waals surface area (Å²) in [6, 6.07) is 9.35. The third-order valence-electron chi connectivity index (χ3n) is 3.03. The molecular weight excluding hydrogens is 278 g/mol. The Kier molecular flexibility index (Phi) is 4.35. The van der Waals surface area contributed by atoms with E-state index in [9.17, 15) is 13.6 Å². The number of hydrogen-bond donors (Lipinski definition) is 0. The highest BCUT2D eigenvalue weighted by atomic mass is 19.3. The molecule has 0 aliphatic heterocycles. The topological polar surface area (TPSA) is 44.1 Å². The summed E-state index contributed by atoms with van der Waals surface area (Å²) in [5.41, 5.74) is 1.13. The van der Waals surface area contributed by atoms with Gasteiger partial charge in [-0.1, -0.05) is 30.3 Å². The van der Waals surface area contributed by atoms with Gasteiger partial charge in [-0.2, -0.15) is 0 Å². The Hall–Kier alpha value is -2.24. The number of benzene rings is 1. The van der Waals surface area contributed by atoms with Crippen molar-refractivity contribution < 1.29 is 18.3 Å². The number of nitrogens with zero attached hydrogens (tertiary/aromatic N) is 2.